The van der Waals surface area contributed by atoms with Crippen LogP contribution in [0.4, 0.5) is 0 Å². The normalized spacial score (nSPS) is 12.0. The molecule has 2 N–H and O–H groups in total. The van der Waals surface area contributed by atoms with E-state index in [1.165, 1.54) is 18.9 Å². The van der Waals surface area contributed by atoms with Crippen molar-refractivity contribution in [1.82, 2.24) is 5.43 Å². The SMILES string of the molecule is CC[C@@H](C)c1ccc(OCC(=O)N/N=C\c2cccc(OC)c2O)cc1. The highest BCUT2D eigenvalue weighted by molar-refractivity contribution is 5.86. The number of benzene rings is 2. The van der Waals surface area contributed by atoms with E-state index in [0.29, 0.717) is 23.0 Å². The van der Waals surface area contributed by atoms with Crippen molar-refractivity contribution in [3.63, 3.8) is 0 Å². The third-order valence-electron chi connectivity index (χ3n) is 4.07. The molecular formula is C20H24N2O4. The van der Waals surface area contributed by atoms with E-state index in [4.69, 9.17) is 9.47 Å². The number of hydrogen-bond donors (Lipinski definition) is 2. The van der Waals surface area contributed by atoms with Gasteiger partial charge in [0.2, 0.25) is 0 Å². The molecule has 0 saturated carbocycles. The maximum Gasteiger partial charge on any atom is 0.277 e. The van der Waals surface area contributed by atoms with Crippen LogP contribution in [0.1, 0.15) is 37.3 Å². The van der Waals surface area contributed by atoms with E-state index in [1.54, 1.807) is 18.2 Å². The van der Waals surface area contributed by atoms with E-state index in [9.17, 15) is 9.90 Å². The Morgan fingerprint density at radius 3 is 2.65 bits per heavy atom. The summed E-state index contributed by atoms with van der Waals surface area (Å²) in [4.78, 5) is 11.8. The van der Waals surface area contributed by atoms with Gasteiger partial charge in [0.05, 0.1) is 13.3 Å². The Labute approximate surface area is 153 Å². The van der Waals surface area contributed by atoms with Crippen molar-refractivity contribution in [1.29, 1.82) is 0 Å². The van der Waals surface area contributed by atoms with Crippen molar-refractivity contribution >= 4 is 12.1 Å². The van der Waals surface area contributed by atoms with Gasteiger partial charge in [0, 0.05) is 5.56 Å². The molecule has 0 fully saturated rings. The summed E-state index contributed by atoms with van der Waals surface area (Å²) >= 11 is 0. The number of amides is 1. The van der Waals surface area contributed by atoms with Crippen LogP contribution in [0.25, 0.3) is 0 Å². The van der Waals surface area contributed by atoms with Gasteiger partial charge in [-0.2, -0.15) is 5.10 Å². The first-order chi connectivity index (χ1) is 12.5. The number of nitrogens with zero attached hydrogens (tertiary/aromatic N) is 1. The van der Waals surface area contributed by atoms with Gasteiger partial charge in [-0.05, 0) is 42.2 Å². The fourth-order valence-electron chi connectivity index (χ4n) is 2.29. The summed E-state index contributed by atoms with van der Waals surface area (Å²) in [5.74, 6) is 1.03. The first-order valence-corrected chi connectivity index (χ1v) is 8.45. The van der Waals surface area contributed by atoms with E-state index in [2.05, 4.69) is 24.4 Å². The summed E-state index contributed by atoms with van der Waals surface area (Å²) in [7, 11) is 1.46. The van der Waals surface area contributed by atoms with Crippen LogP contribution in [0.2, 0.25) is 0 Å². The molecule has 0 aliphatic heterocycles. The van der Waals surface area contributed by atoms with Crippen molar-refractivity contribution in [3.05, 3.63) is 53.6 Å². The van der Waals surface area contributed by atoms with E-state index in [0.717, 1.165) is 6.42 Å². The number of para-hydroxylation sites is 1. The Morgan fingerprint density at radius 1 is 1.27 bits per heavy atom. The molecule has 0 aromatic heterocycles. The first kappa shape index (κ1) is 19.3. The van der Waals surface area contributed by atoms with Gasteiger partial charge < -0.3 is 14.6 Å². The van der Waals surface area contributed by atoms with E-state index in [1.807, 2.05) is 24.3 Å². The van der Waals surface area contributed by atoms with Gasteiger partial charge in [-0.1, -0.05) is 32.0 Å². The van der Waals surface area contributed by atoms with Crippen LogP contribution in [-0.4, -0.2) is 30.9 Å². The third-order valence-corrected chi connectivity index (χ3v) is 4.07. The first-order valence-electron chi connectivity index (χ1n) is 8.45. The van der Waals surface area contributed by atoms with Crippen LogP contribution in [0.15, 0.2) is 47.6 Å². The lowest BCUT2D eigenvalue weighted by Gasteiger charge is -2.10. The van der Waals surface area contributed by atoms with Crippen molar-refractivity contribution in [2.75, 3.05) is 13.7 Å². The van der Waals surface area contributed by atoms with E-state index >= 15 is 0 Å². The molecule has 0 aliphatic carbocycles. The van der Waals surface area contributed by atoms with Crippen LogP contribution < -0.4 is 14.9 Å². The van der Waals surface area contributed by atoms with Crippen LogP contribution in [0.3, 0.4) is 0 Å². The summed E-state index contributed by atoms with van der Waals surface area (Å²) < 4.78 is 10.5. The Morgan fingerprint density at radius 2 is 2.00 bits per heavy atom. The summed E-state index contributed by atoms with van der Waals surface area (Å²) in [5, 5.41) is 13.7. The highest BCUT2D eigenvalue weighted by atomic mass is 16.5. The zero-order valence-electron chi connectivity index (χ0n) is 15.2. The number of carbonyl (C=O) groups excluding carboxylic acids is 1. The molecule has 6 nitrogen and oxygen atoms in total. The molecule has 2 aromatic carbocycles. The molecule has 1 atom stereocenters. The summed E-state index contributed by atoms with van der Waals surface area (Å²) in [5.41, 5.74) is 4.04. The lowest BCUT2D eigenvalue weighted by Crippen LogP contribution is -2.24. The molecule has 0 spiro atoms. The molecule has 2 rings (SSSR count). The third kappa shape index (κ3) is 5.24. The number of nitrogens with one attached hydrogen (secondary N) is 1. The lowest BCUT2D eigenvalue weighted by molar-refractivity contribution is -0.123. The predicted octanol–water partition coefficient (Wildman–Crippen LogP) is 3.44. The standard InChI is InChI=1S/C20H24N2O4/c1-4-14(2)15-8-10-17(11-9-15)26-13-19(23)22-21-12-16-6-5-7-18(25-3)20(16)24/h5-12,14,24H,4,13H2,1-3H3,(H,22,23)/b21-12-/t14-/m1/s1. The van der Waals surface area contributed by atoms with Crippen molar-refractivity contribution in [2.45, 2.75) is 26.2 Å². The van der Waals surface area contributed by atoms with Gasteiger partial charge in [0.25, 0.3) is 5.91 Å². The maximum atomic E-state index is 11.8. The molecular weight excluding hydrogens is 332 g/mol. The number of carbonyl (C=O) groups is 1. The summed E-state index contributed by atoms with van der Waals surface area (Å²) in [6, 6.07) is 12.7. The van der Waals surface area contributed by atoms with Gasteiger partial charge >= 0.3 is 0 Å². The monoisotopic (exact) mass is 356 g/mol. The maximum absolute atomic E-state index is 11.8. The number of hydrazone groups is 1. The Bertz CT molecular complexity index is 757. The van der Waals surface area contributed by atoms with Gasteiger partial charge in [-0.3, -0.25) is 4.79 Å². The Balaban J connectivity index is 1.84. The van der Waals surface area contributed by atoms with Crippen molar-refractivity contribution in [3.8, 4) is 17.2 Å². The van der Waals surface area contributed by atoms with Gasteiger partial charge in [0.15, 0.2) is 18.1 Å². The van der Waals surface area contributed by atoms with Crippen molar-refractivity contribution < 1.29 is 19.4 Å². The lowest BCUT2D eigenvalue weighted by atomic mass is 9.99. The van der Waals surface area contributed by atoms with Gasteiger partial charge in [0.1, 0.15) is 5.75 Å². The molecule has 0 bridgehead atoms. The minimum atomic E-state index is -0.394. The minimum absolute atomic E-state index is 0.0364. The van der Waals surface area contributed by atoms with Crippen LogP contribution in [0, 0.1) is 0 Å². The van der Waals surface area contributed by atoms with Gasteiger partial charge in [-0.15, -0.1) is 0 Å². The van der Waals surface area contributed by atoms with Crippen LogP contribution in [0.5, 0.6) is 17.2 Å². The fourth-order valence-corrected chi connectivity index (χ4v) is 2.29. The average molecular weight is 356 g/mol. The smallest absolute Gasteiger partial charge is 0.277 e. The van der Waals surface area contributed by atoms with Crippen LogP contribution in [-0.2, 0) is 4.79 Å². The molecule has 26 heavy (non-hydrogen) atoms. The number of aromatic hydroxyl groups is 1. The topological polar surface area (TPSA) is 80.2 Å². The molecule has 0 unspecified atom stereocenters. The fraction of sp³-hybridized carbons (Fsp3) is 0.300. The molecule has 0 aliphatic rings. The largest absolute Gasteiger partial charge is 0.504 e. The quantitative estimate of drug-likeness (QED) is 0.561. The molecule has 1 amide bonds. The van der Waals surface area contributed by atoms with E-state index < -0.39 is 5.91 Å². The molecule has 138 valence electrons. The van der Waals surface area contributed by atoms with Gasteiger partial charge in [-0.25, -0.2) is 5.43 Å². The zero-order valence-corrected chi connectivity index (χ0v) is 15.2. The second-order valence-corrected chi connectivity index (χ2v) is 5.86. The number of phenolic OH excluding ortho intramolecular Hbond substituents is 1. The minimum Gasteiger partial charge on any atom is -0.504 e. The van der Waals surface area contributed by atoms with Crippen LogP contribution >= 0.6 is 0 Å². The zero-order chi connectivity index (χ0) is 18.9. The highest BCUT2D eigenvalue weighted by Crippen LogP contribution is 2.27. The Kier molecular flexibility index (Phi) is 7.02. The number of hydrogen-bond acceptors (Lipinski definition) is 5. The van der Waals surface area contributed by atoms with Crippen molar-refractivity contribution in [2.24, 2.45) is 5.10 Å². The highest BCUT2D eigenvalue weighted by Gasteiger charge is 2.06. The second-order valence-electron chi connectivity index (χ2n) is 5.86. The molecule has 2 aromatic rings. The summed E-state index contributed by atoms with van der Waals surface area (Å²) in [6.07, 6.45) is 2.42. The second kappa shape index (κ2) is 9.46. The molecule has 0 saturated heterocycles. The number of phenols is 1. The van der Waals surface area contributed by atoms with E-state index in [-0.39, 0.29) is 12.4 Å². The average Bonchev–Trinajstić information content (AvgIpc) is 2.67. The summed E-state index contributed by atoms with van der Waals surface area (Å²) in [6.45, 7) is 4.16. The number of ether oxygens (including phenoxy) is 2. The molecule has 6 heteroatoms. The number of methoxy groups -OCH3 is 1. The Hall–Kier alpha value is -3.02. The molecule has 0 heterocycles. The number of rotatable bonds is 8. The predicted molar refractivity (Wildman–Crippen MR) is 101 cm³/mol. The molecule has 0 radical (unpaired) electrons.